The molecule has 13 heteroatoms. The van der Waals surface area contributed by atoms with Crippen LogP contribution in [0.25, 0.3) is 26.5 Å². The van der Waals surface area contributed by atoms with Crippen molar-refractivity contribution in [1.82, 2.24) is 24.6 Å². The van der Waals surface area contributed by atoms with Gasteiger partial charge in [-0.15, -0.1) is 0 Å². The number of nitrogens with one attached hydrogen (secondary N) is 1. The fraction of sp³-hybridized carbons (Fsp3) is 0.364. The number of fused-ring (bicyclic) bond motifs is 1. The van der Waals surface area contributed by atoms with E-state index in [0.717, 1.165) is 57.2 Å². The van der Waals surface area contributed by atoms with Gasteiger partial charge in [-0.3, -0.25) is 0 Å². The summed E-state index contributed by atoms with van der Waals surface area (Å²) in [6.45, 7) is 3.46. The van der Waals surface area contributed by atoms with Crippen LogP contribution in [0.5, 0.6) is 0 Å². The van der Waals surface area contributed by atoms with Crippen molar-refractivity contribution in [2.75, 3.05) is 51.1 Å². The first-order chi connectivity index (χ1) is 16.8. The molecule has 11 nitrogen and oxygen atoms in total. The van der Waals surface area contributed by atoms with Crippen LogP contribution in [0.3, 0.4) is 0 Å². The maximum atomic E-state index is 11.5. The molecule has 4 heterocycles. The van der Waals surface area contributed by atoms with E-state index in [0.29, 0.717) is 31.5 Å². The van der Waals surface area contributed by atoms with Crippen molar-refractivity contribution in [3.05, 3.63) is 41.9 Å². The molecule has 1 saturated heterocycles. The lowest BCUT2D eigenvalue weighted by molar-refractivity contribution is 0.122. The molecule has 0 aliphatic carbocycles. The van der Waals surface area contributed by atoms with Gasteiger partial charge in [0.05, 0.1) is 26.0 Å². The molecule has 2 aliphatic rings. The normalized spacial score (nSPS) is 17.0. The average molecular weight is 515 g/mol. The van der Waals surface area contributed by atoms with Gasteiger partial charge in [0.25, 0.3) is 0 Å². The highest BCUT2D eigenvalue weighted by Gasteiger charge is 2.23. The number of hydrogen-bond donors (Lipinski definition) is 2. The zero-order chi connectivity index (χ0) is 24.6. The van der Waals surface area contributed by atoms with Crippen LogP contribution >= 0.6 is 11.3 Å². The molecular weight excluding hydrogens is 488 g/mol. The molecule has 0 spiro atoms. The fourth-order valence-electron chi connectivity index (χ4n) is 3.85. The Labute approximate surface area is 207 Å². The van der Waals surface area contributed by atoms with Gasteiger partial charge in [0.2, 0.25) is 10.0 Å². The Morgan fingerprint density at radius 2 is 2.00 bits per heavy atom. The molecule has 0 unspecified atom stereocenters. The van der Waals surface area contributed by atoms with E-state index in [1.165, 1.54) is 11.3 Å². The first kappa shape index (κ1) is 23.6. The third kappa shape index (κ3) is 5.27. The summed E-state index contributed by atoms with van der Waals surface area (Å²) in [4.78, 5) is 23.7. The van der Waals surface area contributed by atoms with Gasteiger partial charge in [-0.1, -0.05) is 29.5 Å². The van der Waals surface area contributed by atoms with Crippen molar-refractivity contribution in [2.45, 2.75) is 6.54 Å². The molecule has 2 aliphatic heterocycles. The van der Waals surface area contributed by atoms with E-state index in [-0.39, 0.29) is 6.54 Å². The number of sulfonamides is 1. The molecule has 1 fully saturated rings. The van der Waals surface area contributed by atoms with Crippen molar-refractivity contribution >= 4 is 49.1 Å². The minimum atomic E-state index is -3.28. The van der Waals surface area contributed by atoms with Gasteiger partial charge in [-0.05, 0) is 11.6 Å². The number of aliphatic imine (C=N–C) groups is 1. The molecule has 3 aromatic rings. The third-order valence-electron chi connectivity index (χ3n) is 5.70. The molecule has 2 aromatic heterocycles. The highest BCUT2D eigenvalue weighted by molar-refractivity contribution is 7.88. The van der Waals surface area contributed by atoms with Crippen LogP contribution in [-0.4, -0.2) is 80.4 Å². The number of benzene rings is 1. The molecule has 1 aromatic carbocycles. The lowest BCUT2D eigenvalue weighted by atomic mass is 10.1. The highest BCUT2D eigenvalue weighted by Crippen LogP contribution is 2.35. The number of nitrogens with two attached hydrogens (primary N) is 1. The summed E-state index contributed by atoms with van der Waals surface area (Å²) in [5.74, 6) is 1.83. The second-order valence-electron chi connectivity index (χ2n) is 8.43. The summed E-state index contributed by atoms with van der Waals surface area (Å²) in [7, 11) is -1.41. The first-order valence-corrected chi connectivity index (χ1v) is 13.8. The van der Waals surface area contributed by atoms with E-state index >= 15 is 0 Å². The number of rotatable bonds is 6. The molecule has 0 atom stereocenters. The molecule has 184 valence electrons. The predicted octanol–water partition coefficient (Wildman–Crippen LogP) is 1.24. The van der Waals surface area contributed by atoms with Gasteiger partial charge < -0.3 is 20.3 Å². The summed E-state index contributed by atoms with van der Waals surface area (Å²) in [6.07, 6.45) is 2.87. The second kappa shape index (κ2) is 9.49. The Hall–Kier alpha value is -3.13. The zero-order valence-corrected chi connectivity index (χ0v) is 21.1. The maximum absolute atomic E-state index is 11.5. The Morgan fingerprint density at radius 3 is 2.74 bits per heavy atom. The van der Waals surface area contributed by atoms with E-state index in [1.807, 2.05) is 36.2 Å². The Bertz CT molecular complexity index is 1430. The van der Waals surface area contributed by atoms with Gasteiger partial charge in [0.1, 0.15) is 15.4 Å². The van der Waals surface area contributed by atoms with Crippen LogP contribution in [0.4, 0.5) is 5.82 Å². The number of morpholine rings is 1. The first-order valence-electron chi connectivity index (χ1n) is 11.1. The van der Waals surface area contributed by atoms with E-state index in [4.69, 9.17) is 25.4 Å². The summed E-state index contributed by atoms with van der Waals surface area (Å²) >= 11 is 1.48. The quantitative estimate of drug-likeness (QED) is 0.497. The third-order valence-corrected chi connectivity index (χ3v) is 7.37. The second-order valence-corrected chi connectivity index (χ2v) is 11.2. The van der Waals surface area contributed by atoms with Crippen LogP contribution in [-0.2, 0) is 21.3 Å². The number of hydrogen-bond acceptors (Lipinski definition) is 11. The Kier molecular flexibility index (Phi) is 6.40. The number of nitrogens with zero attached hydrogens (tertiary/aromatic N) is 6. The Morgan fingerprint density at radius 1 is 1.20 bits per heavy atom. The van der Waals surface area contributed by atoms with Gasteiger partial charge in [0.15, 0.2) is 17.6 Å². The average Bonchev–Trinajstić information content (AvgIpc) is 3.28. The lowest BCUT2D eigenvalue weighted by Crippen LogP contribution is -2.38. The van der Waals surface area contributed by atoms with E-state index < -0.39 is 10.0 Å². The van der Waals surface area contributed by atoms with Gasteiger partial charge in [0, 0.05) is 44.0 Å². The molecule has 0 amide bonds. The molecular formula is C22H26N8O3S2. The summed E-state index contributed by atoms with van der Waals surface area (Å²) in [6, 6.07) is 7.67. The smallest absolute Gasteiger partial charge is 0.209 e. The van der Waals surface area contributed by atoms with Gasteiger partial charge >= 0.3 is 0 Å². The monoisotopic (exact) mass is 514 g/mol. The summed E-state index contributed by atoms with van der Waals surface area (Å²) in [5, 5.41) is 0.791. The number of anilines is 1. The highest BCUT2D eigenvalue weighted by atomic mass is 32.2. The van der Waals surface area contributed by atoms with Crippen molar-refractivity contribution in [3.63, 3.8) is 0 Å². The molecule has 0 bridgehead atoms. The van der Waals surface area contributed by atoms with Gasteiger partial charge in [-0.2, -0.15) is 0 Å². The molecule has 5 rings (SSSR count). The molecule has 35 heavy (non-hydrogen) atoms. The lowest BCUT2D eigenvalue weighted by Gasteiger charge is -2.28. The van der Waals surface area contributed by atoms with E-state index in [1.54, 1.807) is 6.20 Å². The summed E-state index contributed by atoms with van der Waals surface area (Å²) in [5.41, 5.74) is 9.26. The van der Waals surface area contributed by atoms with Crippen LogP contribution in [0.15, 0.2) is 35.5 Å². The largest absolute Gasteiger partial charge is 0.378 e. The zero-order valence-electron chi connectivity index (χ0n) is 19.4. The maximum Gasteiger partial charge on any atom is 0.209 e. The number of guanidine groups is 1. The molecule has 0 radical (unpaired) electrons. The van der Waals surface area contributed by atoms with E-state index in [2.05, 4.69) is 14.6 Å². The van der Waals surface area contributed by atoms with Crippen LogP contribution < -0.4 is 15.4 Å². The Balaban J connectivity index is 1.57. The predicted molar refractivity (Wildman–Crippen MR) is 138 cm³/mol. The van der Waals surface area contributed by atoms with Crippen LogP contribution in [0.2, 0.25) is 0 Å². The fourth-order valence-corrected chi connectivity index (χ4v) is 5.21. The SMILES string of the molecule is CN1CC(c2nc(N3CCOCC3)c3nc(-c4cccc(CNS(C)(=O)=O)c4)sc3n2)=CN=C1N. The number of ether oxygens (including phenoxy) is 1. The van der Waals surface area contributed by atoms with Crippen LogP contribution in [0, 0.1) is 0 Å². The summed E-state index contributed by atoms with van der Waals surface area (Å²) < 4.78 is 31.1. The topological polar surface area (TPSA) is 139 Å². The van der Waals surface area contributed by atoms with Crippen molar-refractivity contribution < 1.29 is 13.2 Å². The van der Waals surface area contributed by atoms with Crippen molar-refractivity contribution in [1.29, 1.82) is 0 Å². The van der Waals surface area contributed by atoms with Gasteiger partial charge in [-0.25, -0.2) is 33.1 Å². The van der Waals surface area contributed by atoms with E-state index in [9.17, 15) is 8.42 Å². The number of thiazole rings is 1. The minimum absolute atomic E-state index is 0.214. The van der Waals surface area contributed by atoms with Crippen LogP contribution in [0.1, 0.15) is 11.4 Å². The standard InChI is InChI=1S/C22H26N8O3S2/c1-29-13-16(12-24-22(29)23)18-27-19(30-6-8-33-9-7-30)17-21(28-18)34-20(26-17)15-5-3-4-14(10-15)11-25-35(2,31)32/h3-5,10,12,25H,6-9,11,13H2,1-2H3,(H2,23,24). The number of likely N-dealkylation sites (N-methyl/N-ethyl adjacent to an activating group) is 1. The molecule has 3 N–H and O–H groups in total. The van der Waals surface area contributed by atoms with Crippen molar-refractivity contribution in [3.8, 4) is 10.6 Å². The van der Waals surface area contributed by atoms with Crippen molar-refractivity contribution in [2.24, 2.45) is 10.7 Å². The number of aromatic nitrogens is 3. The minimum Gasteiger partial charge on any atom is -0.378 e. The molecule has 0 saturated carbocycles.